The van der Waals surface area contributed by atoms with Crippen molar-refractivity contribution in [1.82, 2.24) is 0 Å². The number of aliphatic hydroxyl groups is 1. The van der Waals surface area contributed by atoms with Crippen LogP contribution in [0.4, 0.5) is 0 Å². The van der Waals surface area contributed by atoms with Crippen LogP contribution in [0.5, 0.6) is 0 Å². The van der Waals surface area contributed by atoms with Crippen molar-refractivity contribution in [2.24, 2.45) is 0 Å². The molecule has 1 rings (SSSR count). The van der Waals surface area contributed by atoms with Crippen LogP contribution in [0.25, 0.3) is 0 Å². The van der Waals surface area contributed by atoms with Gasteiger partial charge in [0, 0.05) is 5.02 Å². The van der Waals surface area contributed by atoms with E-state index >= 15 is 0 Å². The Morgan fingerprint density at radius 2 is 1.70 bits per heavy atom. The summed E-state index contributed by atoms with van der Waals surface area (Å²) in [6.07, 6.45) is 0. The van der Waals surface area contributed by atoms with Gasteiger partial charge in [-0.1, -0.05) is 23.2 Å². The number of rotatable bonds is 9. The fraction of sp³-hybridized carbons (Fsp3) is 0.462. The largest absolute Gasteiger partial charge is 0.460 e. The van der Waals surface area contributed by atoms with Gasteiger partial charge in [0.15, 0.2) is 0 Å². The van der Waals surface area contributed by atoms with Crippen LogP contribution in [0.1, 0.15) is 10.4 Å². The predicted octanol–water partition coefficient (Wildman–Crippen LogP) is 2.18. The summed E-state index contributed by atoms with van der Waals surface area (Å²) in [6, 6.07) is 4.58. The van der Waals surface area contributed by atoms with Crippen molar-refractivity contribution < 1.29 is 24.1 Å². The minimum absolute atomic E-state index is 0.0159. The average Bonchev–Trinajstić information content (AvgIpc) is 2.44. The van der Waals surface area contributed by atoms with Gasteiger partial charge >= 0.3 is 5.97 Å². The number of esters is 1. The summed E-state index contributed by atoms with van der Waals surface area (Å²) in [5.41, 5.74) is 0.227. The van der Waals surface area contributed by atoms with E-state index in [1.54, 1.807) is 6.07 Å². The molecule has 0 amide bonds. The molecule has 0 aromatic heterocycles. The van der Waals surface area contributed by atoms with Crippen LogP contribution < -0.4 is 0 Å². The van der Waals surface area contributed by atoms with Crippen LogP contribution in [-0.2, 0) is 14.2 Å². The van der Waals surface area contributed by atoms with E-state index in [1.165, 1.54) is 12.1 Å². The summed E-state index contributed by atoms with van der Waals surface area (Å²) >= 11 is 11.7. The Morgan fingerprint density at radius 1 is 1.05 bits per heavy atom. The van der Waals surface area contributed by atoms with E-state index in [1.807, 2.05) is 0 Å². The molecule has 1 aromatic carbocycles. The first kappa shape index (κ1) is 17.2. The number of carbonyl (C=O) groups excluding carboxylic acids is 1. The van der Waals surface area contributed by atoms with Crippen molar-refractivity contribution in [2.75, 3.05) is 39.6 Å². The number of aliphatic hydroxyl groups excluding tert-OH is 1. The Morgan fingerprint density at radius 3 is 2.40 bits per heavy atom. The maximum absolute atomic E-state index is 11.7. The highest BCUT2D eigenvalue weighted by Crippen LogP contribution is 2.21. The van der Waals surface area contributed by atoms with Gasteiger partial charge in [-0.3, -0.25) is 0 Å². The van der Waals surface area contributed by atoms with Gasteiger partial charge in [0.25, 0.3) is 0 Å². The number of ether oxygens (including phenoxy) is 3. The van der Waals surface area contributed by atoms with Crippen LogP contribution in [0.3, 0.4) is 0 Å². The lowest BCUT2D eigenvalue weighted by Crippen LogP contribution is -2.14. The van der Waals surface area contributed by atoms with Gasteiger partial charge in [-0.15, -0.1) is 0 Å². The fourth-order valence-corrected chi connectivity index (χ4v) is 1.68. The van der Waals surface area contributed by atoms with Crippen LogP contribution in [-0.4, -0.2) is 50.7 Å². The molecule has 0 aliphatic carbocycles. The Balaban J connectivity index is 2.18. The number of carbonyl (C=O) groups is 1. The average molecular weight is 323 g/mol. The molecule has 112 valence electrons. The molecule has 7 heteroatoms. The normalized spacial score (nSPS) is 10.6. The van der Waals surface area contributed by atoms with E-state index < -0.39 is 5.97 Å². The van der Waals surface area contributed by atoms with E-state index in [4.69, 9.17) is 42.5 Å². The number of benzene rings is 1. The molecule has 0 aliphatic heterocycles. The zero-order valence-corrected chi connectivity index (χ0v) is 12.3. The monoisotopic (exact) mass is 322 g/mol. The quantitative estimate of drug-likeness (QED) is 0.557. The lowest BCUT2D eigenvalue weighted by molar-refractivity contribution is 0.00920. The summed E-state index contributed by atoms with van der Waals surface area (Å²) in [5.74, 6) is -0.544. The first-order valence-electron chi connectivity index (χ1n) is 6.03. The van der Waals surface area contributed by atoms with Crippen LogP contribution >= 0.6 is 23.2 Å². The first-order chi connectivity index (χ1) is 9.65. The molecule has 1 N–H and O–H groups in total. The minimum atomic E-state index is -0.544. The highest BCUT2D eigenvalue weighted by molar-refractivity contribution is 6.35. The molecule has 0 heterocycles. The molecule has 0 fully saturated rings. The highest BCUT2D eigenvalue weighted by Gasteiger charge is 2.12. The Kier molecular flexibility index (Phi) is 8.57. The van der Waals surface area contributed by atoms with Crippen molar-refractivity contribution in [3.63, 3.8) is 0 Å². The Labute approximate surface area is 127 Å². The molecular formula is C13H16Cl2O5. The third-order valence-electron chi connectivity index (χ3n) is 2.22. The Bertz CT molecular complexity index is 425. The van der Waals surface area contributed by atoms with Crippen molar-refractivity contribution in [1.29, 1.82) is 0 Å². The van der Waals surface area contributed by atoms with Crippen LogP contribution in [0.2, 0.25) is 10.0 Å². The smallest absolute Gasteiger partial charge is 0.339 e. The topological polar surface area (TPSA) is 65.0 Å². The van der Waals surface area contributed by atoms with Gasteiger partial charge in [0.2, 0.25) is 0 Å². The van der Waals surface area contributed by atoms with E-state index in [2.05, 4.69) is 0 Å². The third-order valence-corrected chi connectivity index (χ3v) is 2.78. The molecule has 0 aliphatic rings. The number of hydrogen-bond donors (Lipinski definition) is 1. The molecule has 0 bridgehead atoms. The van der Waals surface area contributed by atoms with E-state index in [0.29, 0.717) is 18.2 Å². The molecular weight excluding hydrogens is 307 g/mol. The fourth-order valence-electron chi connectivity index (χ4n) is 1.31. The molecule has 0 unspecified atom stereocenters. The van der Waals surface area contributed by atoms with Crippen molar-refractivity contribution >= 4 is 29.2 Å². The third kappa shape index (κ3) is 6.54. The molecule has 1 aromatic rings. The van der Waals surface area contributed by atoms with Gasteiger partial charge in [-0.2, -0.15) is 0 Å². The maximum atomic E-state index is 11.7. The van der Waals surface area contributed by atoms with Crippen molar-refractivity contribution in [2.45, 2.75) is 0 Å². The van der Waals surface area contributed by atoms with Gasteiger partial charge in [0.1, 0.15) is 6.61 Å². The summed E-state index contributed by atoms with van der Waals surface area (Å²) < 4.78 is 15.2. The lowest BCUT2D eigenvalue weighted by atomic mass is 10.2. The SMILES string of the molecule is O=C(OCCOCCOCCO)c1cc(Cl)ccc1Cl. The maximum Gasteiger partial charge on any atom is 0.339 e. The molecule has 20 heavy (non-hydrogen) atoms. The second-order valence-electron chi connectivity index (χ2n) is 3.71. The van der Waals surface area contributed by atoms with E-state index in [0.717, 1.165) is 0 Å². The zero-order valence-electron chi connectivity index (χ0n) is 10.8. The van der Waals surface area contributed by atoms with Crippen molar-refractivity contribution in [3.05, 3.63) is 33.8 Å². The first-order valence-corrected chi connectivity index (χ1v) is 6.79. The van der Waals surface area contributed by atoms with Gasteiger partial charge in [0.05, 0.1) is 43.6 Å². The van der Waals surface area contributed by atoms with Gasteiger partial charge in [-0.25, -0.2) is 4.79 Å². The number of halogens is 2. The highest BCUT2D eigenvalue weighted by atomic mass is 35.5. The molecule has 0 saturated carbocycles. The second-order valence-corrected chi connectivity index (χ2v) is 4.55. The second kappa shape index (κ2) is 9.96. The summed E-state index contributed by atoms with van der Waals surface area (Å²) in [5, 5.41) is 9.18. The zero-order chi connectivity index (χ0) is 14.8. The number of hydrogen-bond acceptors (Lipinski definition) is 5. The molecule has 0 saturated heterocycles. The Hall–Kier alpha value is -0.850. The predicted molar refractivity (Wildman–Crippen MR) is 75.5 cm³/mol. The molecule has 5 nitrogen and oxygen atoms in total. The standard InChI is InChI=1S/C13H16Cl2O5/c14-10-1-2-12(15)11(9-10)13(17)20-8-7-19-6-5-18-4-3-16/h1-2,9,16H,3-8H2. The molecule has 0 spiro atoms. The summed E-state index contributed by atoms with van der Waals surface area (Å²) in [7, 11) is 0. The van der Waals surface area contributed by atoms with Crippen LogP contribution in [0.15, 0.2) is 18.2 Å². The van der Waals surface area contributed by atoms with Gasteiger partial charge < -0.3 is 19.3 Å². The summed E-state index contributed by atoms with van der Waals surface area (Å²) in [6.45, 7) is 1.39. The van der Waals surface area contributed by atoms with Gasteiger partial charge in [-0.05, 0) is 18.2 Å². The minimum Gasteiger partial charge on any atom is -0.460 e. The summed E-state index contributed by atoms with van der Waals surface area (Å²) in [4.78, 5) is 11.7. The lowest BCUT2D eigenvalue weighted by Gasteiger charge is -2.07. The van der Waals surface area contributed by atoms with Crippen LogP contribution in [0, 0.1) is 0 Å². The molecule has 0 atom stereocenters. The molecule has 0 radical (unpaired) electrons. The van der Waals surface area contributed by atoms with E-state index in [9.17, 15) is 4.79 Å². The van der Waals surface area contributed by atoms with Crippen molar-refractivity contribution in [3.8, 4) is 0 Å². The van der Waals surface area contributed by atoms with E-state index in [-0.39, 0.29) is 37.0 Å².